The van der Waals surface area contributed by atoms with Crippen LogP contribution < -0.4 is 10.6 Å². The molecule has 1 aliphatic heterocycles. The number of carbonyl (C=O) groups is 2. The van der Waals surface area contributed by atoms with E-state index < -0.39 is 11.8 Å². The molecule has 1 aliphatic rings. The number of carbonyl (C=O) groups excluding carboxylic acids is 2. The number of nitrogens with one attached hydrogen (secondary N) is 2. The molecule has 6 heteroatoms. The second-order valence-corrected chi connectivity index (χ2v) is 8.38. The highest BCUT2D eigenvalue weighted by atomic mass is 32.1. The van der Waals surface area contributed by atoms with Crippen LogP contribution in [0.4, 0.5) is 0 Å². The zero-order chi connectivity index (χ0) is 20.8. The Labute approximate surface area is 180 Å². The summed E-state index contributed by atoms with van der Waals surface area (Å²) in [5.41, 5.74) is 3.68. The van der Waals surface area contributed by atoms with Crippen molar-refractivity contribution in [2.24, 2.45) is 0 Å². The standard InChI is InChI=1S/C24H25N3O2S/c28-23(25-15-18-7-2-1-3-8-18)24(29)26-16-21(22-11-6-14-30-22)27-13-12-19-9-4-5-10-20(19)17-27/h1-11,14,21H,12-13,15-17H2,(H,25,28)(H,26,29). The molecule has 5 nitrogen and oxygen atoms in total. The minimum atomic E-state index is -0.604. The van der Waals surface area contributed by atoms with E-state index in [0.717, 1.165) is 25.1 Å². The van der Waals surface area contributed by atoms with Crippen LogP contribution in [-0.2, 0) is 29.1 Å². The lowest BCUT2D eigenvalue weighted by Gasteiger charge is -2.35. The Morgan fingerprint density at radius 1 is 0.900 bits per heavy atom. The second kappa shape index (κ2) is 9.69. The summed E-state index contributed by atoms with van der Waals surface area (Å²) in [6.45, 7) is 2.51. The molecule has 1 atom stereocenters. The van der Waals surface area contributed by atoms with Gasteiger partial charge in [-0.3, -0.25) is 14.5 Å². The van der Waals surface area contributed by atoms with Gasteiger partial charge in [0.05, 0.1) is 6.04 Å². The topological polar surface area (TPSA) is 61.4 Å². The van der Waals surface area contributed by atoms with Gasteiger partial charge in [0, 0.05) is 31.1 Å². The van der Waals surface area contributed by atoms with Gasteiger partial charge >= 0.3 is 11.8 Å². The summed E-state index contributed by atoms with van der Waals surface area (Å²) in [5.74, 6) is -1.20. The van der Waals surface area contributed by atoms with Crippen molar-refractivity contribution in [1.82, 2.24) is 15.5 Å². The Kier molecular flexibility index (Phi) is 6.57. The van der Waals surface area contributed by atoms with Gasteiger partial charge in [-0.05, 0) is 34.6 Å². The SMILES string of the molecule is O=C(NCc1ccccc1)C(=O)NCC(c1cccs1)N1CCc2ccccc2C1. The van der Waals surface area contributed by atoms with Crippen LogP contribution in [0, 0.1) is 0 Å². The molecule has 4 rings (SSSR count). The number of fused-ring (bicyclic) bond motifs is 1. The van der Waals surface area contributed by atoms with Gasteiger partial charge in [-0.25, -0.2) is 0 Å². The molecule has 2 heterocycles. The molecule has 0 aliphatic carbocycles. The fourth-order valence-electron chi connectivity index (χ4n) is 3.80. The van der Waals surface area contributed by atoms with Crippen molar-refractivity contribution < 1.29 is 9.59 Å². The average molecular weight is 420 g/mol. The van der Waals surface area contributed by atoms with Gasteiger partial charge in [0.25, 0.3) is 0 Å². The number of amides is 2. The first-order chi connectivity index (χ1) is 14.7. The van der Waals surface area contributed by atoms with Gasteiger partial charge < -0.3 is 10.6 Å². The summed E-state index contributed by atoms with van der Waals surface area (Å²) in [6, 6.07) is 22.2. The quantitative estimate of drug-likeness (QED) is 0.603. The van der Waals surface area contributed by atoms with E-state index in [-0.39, 0.29) is 6.04 Å². The van der Waals surface area contributed by atoms with Gasteiger partial charge in [0.2, 0.25) is 0 Å². The first kappa shape index (κ1) is 20.3. The number of rotatable bonds is 6. The molecule has 1 unspecified atom stereocenters. The first-order valence-electron chi connectivity index (χ1n) is 10.1. The zero-order valence-corrected chi connectivity index (χ0v) is 17.5. The molecule has 0 bridgehead atoms. The zero-order valence-electron chi connectivity index (χ0n) is 16.7. The molecule has 0 saturated carbocycles. The molecule has 0 fully saturated rings. The van der Waals surface area contributed by atoms with Crippen LogP contribution >= 0.6 is 11.3 Å². The van der Waals surface area contributed by atoms with Crippen LogP contribution in [0.2, 0.25) is 0 Å². The van der Waals surface area contributed by atoms with E-state index in [2.05, 4.69) is 51.2 Å². The summed E-state index contributed by atoms with van der Waals surface area (Å²) >= 11 is 1.68. The van der Waals surface area contributed by atoms with Crippen molar-refractivity contribution in [2.45, 2.75) is 25.6 Å². The Balaban J connectivity index is 1.37. The van der Waals surface area contributed by atoms with Crippen LogP contribution in [0.1, 0.15) is 27.6 Å². The lowest BCUT2D eigenvalue weighted by atomic mass is 9.98. The Morgan fingerprint density at radius 3 is 2.40 bits per heavy atom. The van der Waals surface area contributed by atoms with Gasteiger partial charge in [-0.1, -0.05) is 60.7 Å². The van der Waals surface area contributed by atoms with E-state index in [1.54, 1.807) is 11.3 Å². The van der Waals surface area contributed by atoms with Gasteiger partial charge in [0.15, 0.2) is 0 Å². The normalized spacial score (nSPS) is 14.5. The molecule has 2 N–H and O–H groups in total. The Hall–Kier alpha value is -2.96. The monoisotopic (exact) mass is 419 g/mol. The number of hydrogen-bond donors (Lipinski definition) is 2. The van der Waals surface area contributed by atoms with Crippen LogP contribution in [0.25, 0.3) is 0 Å². The van der Waals surface area contributed by atoms with Crippen LogP contribution in [-0.4, -0.2) is 29.8 Å². The molecular formula is C24H25N3O2S. The van der Waals surface area contributed by atoms with Crippen LogP contribution in [0.5, 0.6) is 0 Å². The van der Waals surface area contributed by atoms with E-state index in [4.69, 9.17) is 0 Å². The lowest BCUT2D eigenvalue weighted by Crippen LogP contribution is -2.44. The molecule has 154 valence electrons. The van der Waals surface area contributed by atoms with Gasteiger partial charge in [0.1, 0.15) is 0 Å². The number of nitrogens with zero attached hydrogens (tertiary/aromatic N) is 1. The summed E-state index contributed by atoms with van der Waals surface area (Å²) in [7, 11) is 0. The summed E-state index contributed by atoms with van der Waals surface area (Å²) in [5, 5.41) is 7.58. The third-order valence-corrected chi connectivity index (χ3v) is 6.40. The summed E-state index contributed by atoms with van der Waals surface area (Å²) in [6.07, 6.45) is 0.990. The number of thiophene rings is 1. The fraction of sp³-hybridized carbons (Fsp3) is 0.250. The van der Waals surface area contributed by atoms with E-state index in [1.807, 2.05) is 36.4 Å². The molecular weight excluding hydrogens is 394 g/mol. The molecule has 0 saturated heterocycles. The Bertz CT molecular complexity index is 989. The predicted molar refractivity (Wildman–Crippen MR) is 119 cm³/mol. The Morgan fingerprint density at radius 2 is 1.63 bits per heavy atom. The summed E-state index contributed by atoms with van der Waals surface area (Å²) < 4.78 is 0. The highest BCUT2D eigenvalue weighted by molar-refractivity contribution is 7.10. The maximum Gasteiger partial charge on any atom is 0.309 e. The largest absolute Gasteiger partial charge is 0.346 e. The molecule has 1 aromatic heterocycles. The van der Waals surface area contributed by atoms with Crippen molar-refractivity contribution in [3.63, 3.8) is 0 Å². The van der Waals surface area contributed by atoms with Crippen LogP contribution in [0.15, 0.2) is 72.1 Å². The highest BCUT2D eigenvalue weighted by Gasteiger charge is 2.26. The van der Waals surface area contributed by atoms with E-state index in [1.165, 1.54) is 16.0 Å². The minimum absolute atomic E-state index is 0.0456. The predicted octanol–water partition coefficient (Wildman–Crippen LogP) is 3.28. The van der Waals surface area contributed by atoms with Crippen molar-refractivity contribution >= 4 is 23.2 Å². The van der Waals surface area contributed by atoms with E-state index in [9.17, 15) is 9.59 Å². The maximum absolute atomic E-state index is 12.4. The van der Waals surface area contributed by atoms with Crippen molar-refractivity contribution in [3.05, 3.63) is 93.7 Å². The van der Waals surface area contributed by atoms with E-state index >= 15 is 0 Å². The number of benzene rings is 2. The van der Waals surface area contributed by atoms with Crippen molar-refractivity contribution in [3.8, 4) is 0 Å². The van der Waals surface area contributed by atoms with Crippen LogP contribution in [0.3, 0.4) is 0 Å². The first-order valence-corrected chi connectivity index (χ1v) is 11.0. The smallest absolute Gasteiger partial charge is 0.309 e. The fourth-order valence-corrected chi connectivity index (χ4v) is 4.66. The highest BCUT2D eigenvalue weighted by Crippen LogP contribution is 2.29. The second-order valence-electron chi connectivity index (χ2n) is 7.40. The molecule has 3 aromatic rings. The van der Waals surface area contributed by atoms with Crippen molar-refractivity contribution in [2.75, 3.05) is 13.1 Å². The van der Waals surface area contributed by atoms with E-state index in [0.29, 0.717) is 13.1 Å². The van der Waals surface area contributed by atoms with Gasteiger partial charge in [-0.15, -0.1) is 11.3 Å². The maximum atomic E-state index is 12.4. The molecule has 2 amide bonds. The third kappa shape index (κ3) is 4.96. The molecule has 30 heavy (non-hydrogen) atoms. The van der Waals surface area contributed by atoms with Gasteiger partial charge in [-0.2, -0.15) is 0 Å². The molecule has 0 radical (unpaired) electrons. The number of hydrogen-bond acceptors (Lipinski definition) is 4. The molecule has 2 aromatic carbocycles. The average Bonchev–Trinajstić information content (AvgIpc) is 3.32. The summed E-state index contributed by atoms with van der Waals surface area (Å²) in [4.78, 5) is 28.2. The lowest BCUT2D eigenvalue weighted by molar-refractivity contribution is -0.139. The minimum Gasteiger partial charge on any atom is -0.346 e. The van der Waals surface area contributed by atoms with Crippen molar-refractivity contribution in [1.29, 1.82) is 0 Å². The molecule has 0 spiro atoms. The third-order valence-electron chi connectivity index (χ3n) is 5.43.